The largest absolute Gasteiger partial charge is 0.372 e. The van der Waals surface area contributed by atoms with Crippen molar-refractivity contribution in [3.8, 4) is 0 Å². The molecular formula is C22H31N3O2. The van der Waals surface area contributed by atoms with Crippen LogP contribution in [-0.4, -0.2) is 48.4 Å². The highest BCUT2D eigenvalue weighted by atomic mass is 16.2. The average Bonchev–Trinajstić information content (AvgIpc) is 2.94. The molecule has 0 bridgehead atoms. The van der Waals surface area contributed by atoms with Crippen molar-refractivity contribution in [2.24, 2.45) is 11.8 Å². The molecule has 3 aliphatic rings. The lowest BCUT2D eigenvalue weighted by atomic mass is 9.81. The summed E-state index contributed by atoms with van der Waals surface area (Å²) in [6, 6.07) is 8.76. The van der Waals surface area contributed by atoms with Gasteiger partial charge in [0.25, 0.3) is 0 Å². The van der Waals surface area contributed by atoms with Gasteiger partial charge in [0.1, 0.15) is 0 Å². The SMILES string of the molecule is CN(Cc1ccc(N2CCCCC2)cc1)CN1C(=O)[C@H]2CCCC[C@H]2C1=O. The summed E-state index contributed by atoms with van der Waals surface area (Å²) in [5.41, 5.74) is 2.52. The normalized spacial score (nSPS) is 26.0. The van der Waals surface area contributed by atoms with Gasteiger partial charge in [-0.2, -0.15) is 0 Å². The number of anilines is 1. The number of hydrogen-bond donors (Lipinski definition) is 0. The van der Waals surface area contributed by atoms with Crippen molar-refractivity contribution in [3.63, 3.8) is 0 Å². The van der Waals surface area contributed by atoms with Crippen LogP contribution in [0.5, 0.6) is 0 Å². The van der Waals surface area contributed by atoms with Crippen LogP contribution in [0.2, 0.25) is 0 Å². The van der Waals surface area contributed by atoms with Crippen molar-refractivity contribution >= 4 is 17.5 Å². The third-order valence-corrected chi connectivity index (χ3v) is 6.43. The molecule has 0 radical (unpaired) electrons. The van der Waals surface area contributed by atoms with Crippen LogP contribution in [0.3, 0.4) is 0 Å². The van der Waals surface area contributed by atoms with Crippen molar-refractivity contribution in [1.82, 2.24) is 9.80 Å². The van der Waals surface area contributed by atoms with Gasteiger partial charge in [0, 0.05) is 25.3 Å². The Kier molecular flexibility index (Phi) is 5.48. The van der Waals surface area contributed by atoms with Gasteiger partial charge >= 0.3 is 0 Å². The molecule has 1 aliphatic carbocycles. The smallest absolute Gasteiger partial charge is 0.234 e. The Bertz CT molecular complexity index is 657. The number of hydrogen-bond acceptors (Lipinski definition) is 4. The highest BCUT2D eigenvalue weighted by Crippen LogP contribution is 2.38. The monoisotopic (exact) mass is 369 g/mol. The van der Waals surface area contributed by atoms with Crippen LogP contribution in [0, 0.1) is 11.8 Å². The summed E-state index contributed by atoms with van der Waals surface area (Å²) in [7, 11) is 1.99. The van der Waals surface area contributed by atoms with E-state index in [1.54, 1.807) is 0 Å². The number of rotatable bonds is 5. The molecule has 5 heteroatoms. The first-order chi connectivity index (χ1) is 13.1. The summed E-state index contributed by atoms with van der Waals surface area (Å²) >= 11 is 0. The van der Waals surface area contributed by atoms with E-state index in [-0.39, 0.29) is 23.7 Å². The fourth-order valence-electron chi connectivity index (χ4n) is 4.94. The Morgan fingerprint density at radius 2 is 1.48 bits per heavy atom. The predicted molar refractivity (Wildman–Crippen MR) is 106 cm³/mol. The van der Waals surface area contributed by atoms with Crippen LogP contribution in [0.1, 0.15) is 50.5 Å². The maximum atomic E-state index is 12.6. The molecule has 2 heterocycles. The molecule has 0 N–H and O–H groups in total. The van der Waals surface area contributed by atoms with E-state index in [1.807, 2.05) is 7.05 Å². The maximum absolute atomic E-state index is 12.6. The molecule has 0 unspecified atom stereocenters. The Labute approximate surface area is 162 Å². The second-order valence-corrected chi connectivity index (χ2v) is 8.47. The minimum absolute atomic E-state index is 0.0523. The fourth-order valence-corrected chi connectivity index (χ4v) is 4.94. The third-order valence-electron chi connectivity index (χ3n) is 6.43. The van der Waals surface area contributed by atoms with Gasteiger partial charge in [-0.25, -0.2) is 0 Å². The molecule has 1 aromatic carbocycles. The molecule has 27 heavy (non-hydrogen) atoms. The van der Waals surface area contributed by atoms with E-state index in [2.05, 4.69) is 34.1 Å². The third kappa shape index (κ3) is 3.88. The number of piperidine rings is 1. The van der Waals surface area contributed by atoms with Crippen LogP contribution in [-0.2, 0) is 16.1 Å². The molecule has 0 spiro atoms. The zero-order valence-electron chi connectivity index (χ0n) is 16.4. The Balaban J connectivity index is 1.34. The molecule has 1 aromatic rings. The molecule has 3 fully saturated rings. The second-order valence-electron chi connectivity index (χ2n) is 8.47. The number of carbonyl (C=O) groups is 2. The van der Waals surface area contributed by atoms with Gasteiger partial charge in [0.05, 0.1) is 18.5 Å². The fraction of sp³-hybridized carbons (Fsp3) is 0.636. The number of amides is 2. The Hall–Kier alpha value is -1.88. The molecular weight excluding hydrogens is 338 g/mol. The lowest BCUT2D eigenvalue weighted by Gasteiger charge is -2.29. The Morgan fingerprint density at radius 1 is 0.889 bits per heavy atom. The van der Waals surface area contributed by atoms with Gasteiger partial charge in [-0.15, -0.1) is 0 Å². The van der Waals surface area contributed by atoms with Gasteiger partial charge in [-0.05, 0) is 56.8 Å². The van der Waals surface area contributed by atoms with Crippen molar-refractivity contribution in [1.29, 1.82) is 0 Å². The molecule has 2 aliphatic heterocycles. The van der Waals surface area contributed by atoms with Crippen LogP contribution < -0.4 is 4.90 Å². The van der Waals surface area contributed by atoms with Crippen LogP contribution >= 0.6 is 0 Å². The first kappa shape index (κ1) is 18.5. The van der Waals surface area contributed by atoms with E-state index in [0.29, 0.717) is 6.67 Å². The molecule has 2 atom stereocenters. The number of fused-ring (bicyclic) bond motifs is 1. The lowest BCUT2D eigenvalue weighted by Crippen LogP contribution is -2.40. The zero-order valence-corrected chi connectivity index (χ0v) is 16.4. The van der Waals surface area contributed by atoms with Crippen molar-refractivity contribution in [2.45, 2.75) is 51.5 Å². The summed E-state index contributed by atoms with van der Waals surface area (Å²) in [6.45, 7) is 3.45. The topological polar surface area (TPSA) is 43.9 Å². The van der Waals surface area contributed by atoms with Crippen LogP contribution in [0.25, 0.3) is 0 Å². The number of nitrogens with zero attached hydrogens (tertiary/aromatic N) is 3. The van der Waals surface area contributed by atoms with Gasteiger partial charge in [0.2, 0.25) is 11.8 Å². The summed E-state index contributed by atoms with van der Waals surface area (Å²) in [4.78, 5) is 31.3. The van der Waals surface area contributed by atoms with Crippen molar-refractivity contribution in [3.05, 3.63) is 29.8 Å². The highest BCUT2D eigenvalue weighted by molar-refractivity contribution is 6.05. The average molecular weight is 370 g/mol. The standard InChI is InChI=1S/C22H31N3O2/c1-23(16-25-21(26)19-7-3-4-8-20(19)22(25)27)15-17-9-11-18(12-10-17)24-13-5-2-6-14-24/h9-12,19-20H,2-8,13-16H2,1H3/t19-,20+. The second kappa shape index (κ2) is 8.01. The van der Waals surface area contributed by atoms with E-state index < -0.39 is 0 Å². The number of imide groups is 1. The number of carbonyl (C=O) groups excluding carboxylic acids is 2. The molecule has 1 saturated carbocycles. The van der Waals surface area contributed by atoms with Gasteiger partial charge in [-0.3, -0.25) is 19.4 Å². The van der Waals surface area contributed by atoms with Crippen molar-refractivity contribution in [2.75, 3.05) is 31.7 Å². The summed E-state index contributed by atoms with van der Waals surface area (Å²) in [5.74, 6) is 0.000875. The van der Waals surface area contributed by atoms with Gasteiger partial charge in [-0.1, -0.05) is 25.0 Å². The van der Waals surface area contributed by atoms with Gasteiger partial charge < -0.3 is 4.90 Å². The molecule has 0 aromatic heterocycles. The highest BCUT2D eigenvalue weighted by Gasteiger charge is 2.48. The predicted octanol–water partition coefficient (Wildman–Crippen LogP) is 3.24. The quantitative estimate of drug-likeness (QED) is 0.748. The van der Waals surface area contributed by atoms with E-state index in [1.165, 1.54) is 35.4 Å². The molecule has 2 amide bonds. The molecule has 2 saturated heterocycles. The Morgan fingerprint density at radius 3 is 2.07 bits per heavy atom. The zero-order chi connectivity index (χ0) is 18.8. The van der Waals surface area contributed by atoms with E-state index in [4.69, 9.17) is 0 Å². The van der Waals surface area contributed by atoms with Crippen molar-refractivity contribution < 1.29 is 9.59 Å². The minimum Gasteiger partial charge on any atom is -0.372 e. The summed E-state index contributed by atoms with van der Waals surface area (Å²) in [5, 5.41) is 0. The van der Waals surface area contributed by atoms with Crippen LogP contribution in [0.15, 0.2) is 24.3 Å². The van der Waals surface area contributed by atoms with Gasteiger partial charge in [0.15, 0.2) is 0 Å². The molecule has 5 nitrogen and oxygen atoms in total. The maximum Gasteiger partial charge on any atom is 0.234 e. The molecule has 146 valence electrons. The number of benzene rings is 1. The van der Waals surface area contributed by atoms with E-state index >= 15 is 0 Å². The lowest BCUT2D eigenvalue weighted by molar-refractivity contribution is -0.142. The number of likely N-dealkylation sites (tertiary alicyclic amines) is 1. The van der Waals surface area contributed by atoms with Crippen LogP contribution in [0.4, 0.5) is 5.69 Å². The summed E-state index contributed by atoms with van der Waals surface area (Å²) < 4.78 is 0. The van der Waals surface area contributed by atoms with E-state index in [9.17, 15) is 9.59 Å². The first-order valence-electron chi connectivity index (χ1n) is 10.5. The summed E-state index contributed by atoms with van der Waals surface area (Å²) in [6.07, 6.45) is 7.82. The first-order valence-corrected chi connectivity index (χ1v) is 10.5. The minimum atomic E-state index is -0.0523. The van der Waals surface area contributed by atoms with E-state index in [0.717, 1.165) is 45.3 Å². The molecule has 4 rings (SSSR count).